The lowest BCUT2D eigenvalue weighted by Crippen LogP contribution is -2.48. The molecule has 0 atom stereocenters. The van der Waals surface area contributed by atoms with Crippen LogP contribution in [0.3, 0.4) is 0 Å². The topological polar surface area (TPSA) is 79.7 Å². The molecule has 8 heteroatoms. The third-order valence-corrected chi connectivity index (χ3v) is 5.84. The van der Waals surface area contributed by atoms with Crippen LogP contribution in [0.4, 0.5) is 10.5 Å². The van der Waals surface area contributed by atoms with E-state index in [-0.39, 0.29) is 18.0 Å². The fraction of sp³-hybridized carbons (Fsp3) is 0.400. The molecule has 2 aromatic carbocycles. The monoisotopic (exact) mass is 449 g/mol. The van der Waals surface area contributed by atoms with E-state index >= 15 is 0 Å². The quantitative estimate of drug-likeness (QED) is 0.612. The molecule has 0 radical (unpaired) electrons. The van der Waals surface area contributed by atoms with Gasteiger partial charge in [0, 0.05) is 43.5 Å². The molecule has 8 nitrogen and oxygen atoms in total. The predicted molar refractivity (Wildman–Crippen MR) is 128 cm³/mol. The SMILES string of the molecule is CCOC(=O)N1CCN(Cc2nc3cc(NC(=O)c4ccccc4)ccc3n2C(C)C)CC1. The van der Waals surface area contributed by atoms with Gasteiger partial charge in [0.05, 0.1) is 24.2 Å². The largest absolute Gasteiger partial charge is 0.450 e. The van der Waals surface area contributed by atoms with Crippen LogP contribution in [-0.2, 0) is 11.3 Å². The zero-order valence-electron chi connectivity index (χ0n) is 19.5. The number of piperazine rings is 1. The number of carbonyl (C=O) groups excluding carboxylic acids is 2. The Bertz CT molecular complexity index is 1120. The van der Waals surface area contributed by atoms with Gasteiger partial charge in [-0.3, -0.25) is 9.69 Å². The zero-order valence-corrected chi connectivity index (χ0v) is 19.5. The number of imidazole rings is 1. The van der Waals surface area contributed by atoms with Gasteiger partial charge >= 0.3 is 6.09 Å². The summed E-state index contributed by atoms with van der Waals surface area (Å²) in [5, 5.41) is 2.97. The fourth-order valence-electron chi connectivity index (χ4n) is 4.21. The van der Waals surface area contributed by atoms with Crippen LogP contribution in [0.5, 0.6) is 0 Å². The minimum Gasteiger partial charge on any atom is -0.450 e. The molecule has 3 aromatic rings. The zero-order chi connectivity index (χ0) is 23.4. The maximum atomic E-state index is 12.5. The molecule has 0 unspecified atom stereocenters. The molecule has 1 aromatic heterocycles. The van der Waals surface area contributed by atoms with E-state index in [4.69, 9.17) is 9.72 Å². The second-order valence-corrected chi connectivity index (χ2v) is 8.48. The first-order chi connectivity index (χ1) is 16.0. The number of rotatable bonds is 6. The van der Waals surface area contributed by atoms with Crippen molar-refractivity contribution in [1.29, 1.82) is 0 Å². The molecular weight excluding hydrogens is 418 g/mol. The molecule has 0 aliphatic carbocycles. The highest BCUT2D eigenvalue weighted by Gasteiger charge is 2.24. The second-order valence-electron chi connectivity index (χ2n) is 8.48. The maximum Gasteiger partial charge on any atom is 0.409 e. The number of carbonyl (C=O) groups is 2. The highest BCUT2D eigenvalue weighted by molar-refractivity contribution is 6.04. The Balaban J connectivity index is 1.50. The number of amides is 2. The number of hydrogen-bond donors (Lipinski definition) is 1. The van der Waals surface area contributed by atoms with Gasteiger partial charge in [-0.05, 0) is 51.1 Å². The van der Waals surface area contributed by atoms with Crippen molar-refractivity contribution in [3.8, 4) is 0 Å². The minimum absolute atomic E-state index is 0.141. The molecule has 1 aliphatic rings. The van der Waals surface area contributed by atoms with Crippen LogP contribution < -0.4 is 5.32 Å². The standard InChI is InChI=1S/C25H31N5O3/c1-4-33-25(32)29-14-12-28(13-15-29)17-23-27-21-16-20(10-11-22(21)30(23)18(2)3)26-24(31)19-8-6-5-7-9-19/h5-11,16,18H,4,12-15,17H2,1-3H3,(H,26,31). The van der Waals surface area contributed by atoms with Crippen molar-refractivity contribution in [3.63, 3.8) is 0 Å². The average molecular weight is 450 g/mol. The van der Waals surface area contributed by atoms with Crippen molar-refractivity contribution in [3.05, 3.63) is 59.9 Å². The number of aromatic nitrogens is 2. The van der Waals surface area contributed by atoms with Gasteiger partial charge in [0.1, 0.15) is 5.82 Å². The summed E-state index contributed by atoms with van der Waals surface area (Å²) in [5.41, 5.74) is 3.24. The van der Waals surface area contributed by atoms with Crippen molar-refractivity contribution in [1.82, 2.24) is 19.4 Å². The van der Waals surface area contributed by atoms with Gasteiger partial charge in [-0.15, -0.1) is 0 Å². The van der Waals surface area contributed by atoms with E-state index in [9.17, 15) is 9.59 Å². The molecule has 0 spiro atoms. The Labute approximate surface area is 194 Å². The van der Waals surface area contributed by atoms with E-state index in [1.165, 1.54) is 0 Å². The first-order valence-electron chi connectivity index (χ1n) is 11.5. The Morgan fingerprint density at radius 2 is 1.79 bits per heavy atom. The Morgan fingerprint density at radius 3 is 2.45 bits per heavy atom. The fourth-order valence-corrected chi connectivity index (χ4v) is 4.21. The molecule has 1 saturated heterocycles. The molecule has 2 heterocycles. The van der Waals surface area contributed by atoms with Crippen molar-refractivity contribution in [2.24, 2.45) is 0 Å². The minimum atomic E-state index is -0.239. The van der Waals surface area contributed by atoms with Crippen molar-refractivity contribution in [2.45, 2.75) is 33.4 Å². The van der Waals surface area contributed by atoms with Crippen LogP contribution in [0.2, 0.25) is 0 Å². The Morgan fingerprint density at radius 1 is 1.06 bits per heavy atom. The summed E-state index contributed by atoms with van der Waals surface area (Å²) in [7, 11) is 0. The first-order valence-corrected chi connectivity index (χ1v) is 11.5. The van der Waals surface area contributed by atoms with E-state index in [1.807, 2.05) is 43.3 Å². The van der Waals surface area contributed by atoms with Gasteiger partial charge in [-0.2, -0.15) is 0 Å². The Kier molecular flexibility index (Phi) is 6.93. The first kappa shape index (κ1) is 22.8. The number of nitrogens with zero attached hydrogens (tertiary/aromatic N) is 4. The van der Waals surface area contributed by atoms with E-state index < -0.39 is 0 Å². The molecular formula is C25H31N5O3. The summed E-state index contributed by atoms with van der Waals surface area (Å²) in [5.74, 6) is 0.842. The van der Waals surface area contributed by atoms with Gasteiger partial charge in [0.15, 0.2) is 0 Å². The molecule has 4 rings (SSSR count). The molecule has 2 amide bonds. The summed E-state index contributed by atoms with van der Waals surface area (Å²) in [4.78, 5) is 33.5. The summed E-state index contributed by atoms with van der Waals surface area (Å²) >= 11 is 0. The van der Waals surface area contributed by atoms with Gasteiger partial charge < -0.3 is 19.5 Å². The number of hydrogen-bond acceptors (Lipinski definition) is 5. The van der Waals surface area contributed by atoms with Crippen LogP contribution in [0, 0.1) is 0 Å². The lowest BCUT2D eigenvalue weighted by atomic mass is 10.2. The van der Waals surface area contributed by atoms with Gasteiger partial charge in [-0.1, -0.05) is 18.2 Å². The number of fused-ring (bicyclic) bond motifs is 1. The van der Waals surface area contributed by atoms with Crippen LogP contribution in [0.15, 0.2) is 48.5 Å². The highest BCUT2D eigenvalue weighted by Crippen LogP contribution is 2.25. The molecule has 0 bridgehead atoms. The van der Waals surface area contributed by atoms with Crippen LogP contribution >= 0.6 is 0 Å². The average Bonchev–Trinajstić information content (AvgIpc) is 3.17. The summed E-state index contributed by atoms with van der Waals surface area (Å²) < 4.78 is 7.36. The third kappa shape index (κ3) is 5.17. The molecule has 0 saturated carbocycles. The van der Waals surface area contributed by atoms with Gasteiger partial charge in [0.2, 0.25) is 0 Å². The Hall–Kier alpha value is -3.39. The lowest BCUT2D eigenvalue weighted by Gasteiger charge is -2.34. The van der Waals surface area contributed by atoms with Gasteiger partial charge in [-0.25, -0.2) is 9.78 Å². The summed E-state index contributed by atoms with van der Waals surface area (Å²) in [6.45, 7) is 10.1. The lowest BCUT2D eigenvalue weighted by molar-refractivity contribution is 0.0768. The van der Waals surface area contributed by atoms with E-state index in [1.54, 1.807) is 17.0 Å². The van der Waals surface area contributed by atoms with Crippen LogP contribution in [-0.4, -0.2) is 64.1 Å². The molecule has 1 fully saturated rings. The smallest absolute Gasteiger partial charge is 0.409 e. The van der Waals surface area contributed by atoms with Crippen LogP contribution in [0.1, 0.15) is 43.0 Å². The van der Waals surface area contributed by atoms with Crippen molar-refractivity contribution >= 4 is 28.7 Å². The molecule has 174 valence electrons. The second kappa shape index (κ2) is 10.0. The summed E-state index contributed by atoms with van der Waals surface area (Å²) in [6, 6.07) is 15.3. The van der Waals surface area contributed by atoms with Gasteiger partial charge in [0.25, 0.3) is 5.91 Å². The number of ether oxygens (including phenoxy) is 1. The van der Waals surface area contributed by atoms with Crippen molar-refractivity contribution < 1.29 is 14.3 Å². The molecule has 1 N–H and O–H groups in total. The highest BCUT2D eigenvalue weighted by atomic mass is 16.6. The molecule has 33 heavy (non-hydrogen) atoms. The van der Waals surface area contributed by atoms with Crippen molar-refractivity contribution in [2.75, 3.05) is 38.1 Å². The number of benzene rings is 2. The van der Waals surface area contributed by atoms with E-state index in [2.05, 4.69) is 28.6 Å². The summed E-state index contributed by atoms with van der Waals surface area (Å²) in [6.07, 6.45) is -0.239. The van der Waals surface area contributed by atoms with E-state index in [0.29, 0.717) is 31.8 Å². The predicted octanol–water partition coefficient (Wildman–Crippen LogP) is 4.14. The number of anilines is 1. The molecule has 1 aliphatic heterocycles. The number of nitrogens with one attached hydrogen (secondary N) is 1. The third-order valence-electron chi connectivity index (χ3n) is 5.84. The maximum absolute atomic E-state index is 12.5. The van der Waals surface area contributed by atoms with E-state index in [0.717, 1.165) is 35.6 Å². The van der Waals surface area contributed by atoms with Crippen LogP contribution in [0.25, 0.3) is 11.0 Å². The normalized spacial score (nSPS) is 14.6.